The topological polar surface area (TPSA) is 56.7 Å². The molecule has 1 fully saturated rings. The van der Waals surface area contributed by atoms with Gasteiger partial charge in [0.05, 0.1) is 0 Å². The van der Waals surface area contributed by atoms with Gasteiger partial charge in [0.1, 0.15) is 11.9 Å². The molecule has 0 aliphatic carbocycles. The van der Waals surface area contributed by atoms with Crippen molar-refractivity contribution in [2.75, 3.05) is 31.1 Å². The van der Waals surface area contributed by atoms with Gasteiger partial charge in [0, 0.05) is 44.9 Å². The van der Waals surface area contributed by atoms with Gasteiger partial charge in [0.25, 0.3) is 0 Å². The highest BCUT2D eigenvalue weighted by atomic mass is 16.3. The Morgan fingerprint density at radius 1 is 1.04 bits per heavy atom. The molecule has 1 aliphatic heterocycles. The molecule has 5 heteroatoms. The number of pyridine rings is 1. The van der Waals surface area contributed by atoms with Gasteiger partial charge < -0.3 is 14.9 Å². The number of carbonyl (C=O) groups is 1. The fraction of sp³-hybridized carbons (Fsp3) is 0.333. The van der Waals surface area contributed by atoms with Gasteiger partial charge in [-0.3, -0.25) is 4.79 Å². The molecule has 23 heavy (non-hydrogen) atoms. The first-order chi connectivity index (χ1) is 11.1. The van der Waals surface area contributed by atoms with E-state index in [1.807, 2.05) is 47.4 Å². The summed E-state index contributed by atoms with van der Waals surface area (Å²) < 4.78 is 0. The minimum atomic E-state index is -0.660. The number of carbonyl (C=O) groups excluding carboxylic acids is 1. The molecule has 1 aliphatic rings. The van der Waals surface area contributed by atoms with E-state index in [1.54, 1.807) is 13.1 Å². The van der Waals surface area contributed by atoms with E-state index in [4.69, 9.17) is 0 Å². The van der Waals surface area contributed by atoms with E-state index in [2.05, 4.69) is 9.88 Å². The van der Waals surface area contributed by atoms with Crippen molar-refractivity contribution in [2.45, 2.75) is 13.0 Å². The van der Waals surface area contributed by atoms with E-state index in [0.29, 0.717) is 0 Å². The lowest BCUT2D eigenvalue weighted by atomic mass is 10.0. The molecule has 5 nitrogen and oxygen atoms in total. The summed E-state index contributed by atoms with van der Waals surface area (Å²) in [5, 5.41) is 10.4. The minimum absolute atomic E-state index is 0.124. The molecule has 2 aromatic rings. The van der Waals surface area contributed by atoms with E-state index in [9.17, 15) is 9.90 Å². The molecule has 1 amide bonds. The largest absolute Gasteiger partial charge is 0.384 e. The maximum atomic E-state index is 11.4. The Morgan fingerprint density at radius 3 is 2.30 bits per heavy atom. The van der Waals surface area contributed by atoms with Crippen LogP contribution in [0.15, 0.2) is 48.7 Å². The Morgan fingerprint density at radius 2 is 1.74 bits per heavy atom. The first-order valence-electron chi connectivity index (χ1n) is 7.84. The van der Waals surface area contributed by atoms with Gasteiger partial charge in [-0.15, -0.1) is 0 Å². The number of rotatable bonds is 3. The second-order valence-corrected chi connectivity index (χ2v) is 5.76. The maximum Gasteiger partial charge on any atom is 0.219 e. The highest BCUT2D eigenvalue weighted by Gasteiger charge is 2.19. The van der Waals surface area contributed by atoms with Gasteiger partial charge >= 0.3 is 0 Å². The Balaban J connectivity index is 1.67. The Kier molecular flexibility index (Phi) is 4.57. The summed E-state index contributed by atoms with van der Waals surface area (Å²) in [6.07, 6.45) is 1.07. The van der Waals surface area contributed by atoms with Crippen LogP contribution in [0.4, 0.5) is 5.82 Å². The quantitative estimate of drug-likeness (QED) is 0.939. The number of benzene rings is 1. The fourth-order valence-electron chi connectivity index (χ4n) is 2.82. The Labute approximate surface area is 136 Å². The van der Waals surface area contributed by atoms with Crippen molar-refractivity contribution in [1.82, 2.24) is 9.88 Å². The highest BCUT2D eigenvalue weighted by Crippen LogP contribution is 2.23. The molecule has 1 N–H and O–H groups in total. The summed E-state index contributed by atoms with van der Waals surface area (Å²) in [6, 6.07) is 13.4. The number of aromatic nitrogens is 1. The maximum absolute atomic E-state index is 11.4. The van der Waals surface area contributed by atoms with Crippen LogP contribution in [0.3, 0.4) is 0 Å². The standard InChI is InChI=1S/C18H21N3O2/c1-14(22)20-9-11-21(12-10-20)17-8-7-16(13-19-17)18(23)15-5-3-2-4-6-15/h2-8,13,18,23H,9-12H2,1H3/t18-/m1/s1. The zero-order valence-electron chi connectivity index (χ0n) is 13.2. The lowest BCUT2D eigenvalue weighted by Gasteiger charge is -2.35. The van der Waals surface area contributed by atoms with Crippen LogP contribution in [0, 0.1) is 0 Å². The molecule has 0 bridgehead atoms. The first-order valence-corrected chi connectivity index (χ1v) is 7.84. The molecule has 0 saturated carbocycles. The van der Waals surface area contributed by atoms with Crippen molar-refractivity contribution in [3.05, 3.63) is 59.8 Å². The van der Waals surface area contributed by atoms with Gasteiger partial charge in [-0.2, -0.15) is 0 Å². The second-order valence-electron chi connectivity index (χ2n) is 5.76. The van der Waals surface area contributed by atoms with Crippen molar-refractivity contribution >= 4 is 11.7 Å². The third kappa shape index (κ3) is 3.51. The monoisotopic (exact) mass is 311 g/mol. The highest BCUT2D eigenvalue weighted by molar-refractivity contribution is 5.73. The third-order valence-corrected chi connectivity index (χ3v) is 4.25. The van der Waals surface area contributed by atoms with Crippen LogP contribution in [0.5, 0.6) is 0 Å². The summed E-state index contributed by atoms with van der Waals surface area (Å²) >= 11 is 0. The summed E-state index contributed by atoms with van der Waals surface area (Å²) in [5.74, 6) is 1.01. The molecule has 1 aromatic carbocycles. The minimum Gasteiger partial charge on any atom is -0.384 e. The molecule has 0 unspecified atom stereocenters. The number of nitrogens with zero attached hydrogens (tertiary/aromatic N) is 3. The SMILES string of the molecule is CC(=O)N1CCN(c2ccc([C@H](O)c3ccccc3)cn2)CC1. The van der Waals surface area contributed by atoms with Crippen LogP contribution < -0.4 is 4.90 Å². The molecular weight excluding hydrogens is 290 g/mol. The lowest BCUT2D eigenvalue weighted by Crippen LogP contribution is -2.48. The molecule has 3 rings (SSSR count). The van der Waals surface area contributed by atoms with Gasteiger partial charge in [-0.25, -0.2) is 4.98 Å². The van der Waals surface area contributed by atoms with Crippen LogP contribution in [0.2, 0.25) is 0 Å². The van der Waals surface area contributed by atoms with Crippen LogP contribution >= 0.6 is 0 Å². The molecule has 1 aromatic heterocycles. The smallest absolute Gasteiger partial charge is 0.219 e. The summed E-state index contributed by atoms with van der Waals surface area (Å²) in [4.78, 5) is 19.9. The van der Waals surface area contributed by atoms with Gasteiger partial charge in [0.15, 0.2) is 0 Å². The van der Waals surface area contributed by atoms with Crippen molar-refractivity contribution in [1.29, 1.82) is 0 Å². The number of hydrogen-bond donors (Lipinski definition) is 1. The fourth-order valence-corrected chi connectivity index (χ4v) is 2.82. The molecule has 2 heterocycles. The number of aliphatic hydroxyl groups is 1. The van der Waals surface area contributed by atoms with Crippen LogP contribution in [0.25, 0.3) is 0 Å². The third-order valence-electron chi connectivity index (χ3n) is 4.25. The summed E-state index contributed by atoms with van der Waals surface area (Å²) in [7, 11) is 0. The predicted molar refractivity (Wildman–Crippen MR) is 89.2 cm³/mol. The van der Waals surface area contributed by atoms with Crippen molar-refractivity contribution in [3.8, 4) is 0 Å². The average molecular weight is 311 g/mol. The van der Waals surface area contributed by atoms with Crippen LogP contribution in [-0.4, -0.2) is 47.1 Å². The number of hydrogen-bond acceptors (Lipinski definition) is 4. The normalized spacial score (nSPS) is 16.3. The second kappa shape index (κ2) is 6.79. The number of aliphatic hydroxyl groups excluding tert-OH is 1. The number of anilines is 1. The van der Waals surface area contributed by atoms with Crippen molar-refractivity contribution in [2.24, 2.45) is 0 Å². The summed E-state index contributed by atoms with van der Waals surface area (Å²) in [6.45, 7) is 4.63. The first kappa shape index (κ1) is 15.5. The molecular formula is C18H21N3O2. The van der Waals surface area contributed by atoms with E-state index >= 15 is 0 Å². The average Bonchev–Trinajstić information content (AvgIpc) is 2.62. The van der Waals surface area contributed by atoms with E-state index in [-0.39, 0.29) is 5.91 Å². The van der Waals surface area contributed by atoms with Gasteiger partial charge in [-0.1, -0.05) is 36.4 Å². The van der Waals surface area contributed by atoms with E-state index in [1.165, 1.54) is 0 Å². The van der Waals surface area contributed by atoms with Gasteiger partial charge in [-0.05, 0) is 11.6 Å². The molecule has 1 atom stereocenters. The van der Waals surface area contributed by atoms with Crippen LogP contribution in [0.1, 0.15) is 24.2 Å². The van der Waals surface area contributed by atoms with Crippen molar-refractivity contribution < 1.29 is 9.90 Å². The molecule has 120 valence electrons. The molecule has 1 saturated heterocycles. The van der Waals surface area contributed by atoms with E-state index in [0.717, 1.165) is 43.1 Å². The predicted octanol–water partition coefficient (Wildman–Crippen LogP) is 1.83. The Hall–Kier alpha value is -2.40. The summed E-state index contributed by atoms with van der Waals surface area (Å²) in [5.41, 5.74) is 1.64. The zero-order valence-corrected chi connectivity index (χ0v) is 13.2. The van der Waals surface area contributed by atoms with Gasteiger partial charge in [0.2, 0.25) is 5.91 Å². The lowest BCUT2D eigenvalue weighted by molar-refractivity contribution is -0.129. The van der Waals surface area contributed by atoms with Crippen LogP contribution in [-0.2, 0) is 4.79 Å². The zero-order chi connectivity index (χ0) is 16.2. The Bertz CT molecular complexity index is 650. The molecule has 0 radical (unpaired) electrons. The number of piperazine rings is 1. The van der Waals surface area contributed by atoms with E-state index < -0.39 is 6.10 Å². The number of amides is 1. The van der Waals surface area contributed by atoms with Crippen molar-refractivity contribution in [3.63, 3.8) is 0 Å². The molecule has 0 spiro atoms.